The lowest BCUT2D eigenvalue weighted by Gasteiger charge is -2.19. The summed E-state index contributed by atoms with van der Waals surface area (Å²) in [5.41, 5.74) is 2.35. The van der Waals surface area contributed by atoms with Crippen molar-refractivity contribution in [1.29, 1.82) is 0 Å². The molecule has 3 heteroatoms. The maximum Gasteiger partial charge on any atom is 0.239 e. The van der Waals surface area contributed by atoms with E-state index in [1.807, 2.05) is 6.07 Å². The molecule has 0 atom stereocenters. The zero-order valence-electron chi connectivity index (χ0n) is 13.1. The van der Waals surface area contributed by atoms with Crippen molar-refractivity contribution < 1.29 is 4.79 Å². The van der Waals surface area contributed by atoms with Crippen LogP contribution in [0.25, 0.3) is 0 Å². The fourth-order valence-corrected chi connectivity index (χ4v) is 3.11. The van der Waals surface area contributed by atoms with Crippen LogP contribution in [0.2, 0.25) is 0 Å². The molecule has 1 aromatic rings. The van der Waals surface area contributed by atoms with E-state index in [0.29, 0.717) is 18.5 Å². The topological polar surface area (TPSA) is 41.1 Å². The Labute approximate surface area is 127 Å². The highest BCUT2D eigenvalue weighted by molar-refractivity contribution is 5.81. The lowest BCUT2D eigenvalue weighted by molar-refractivity contribution is -0.120. The van der Waals surface area contributed by atoms with Crippen LogP contribution in [0.5, 0.6) is 0 Å². The molecule has 0 radical (unpaired) electrons. The molecule has 21 heavy (non-hydrogen) atoms. The largest absolute Gasteiger partial charge is 0.376 e. The van der Waals surface area contributed by atoms with Gasteiger partial charge in [-0.3, -0.25) is 4.79 Å². The Balaban J connectivity index is 1.53. The van der Waals surface area contributed by atoms with Gasteiger partial charge in [-0.2, -0.15) is 0 Å². The number of hydrogen-bond donors (Lipinski definition) is 2. The third-order valence-electron chi connectivity index (χ3n) is 4.61. The van der Waals surface area contributed by atoms with E-state index in [2.05, 4.69) is 42.7 Å². The molecule has 0 bridgehead atoms. The van der Waals surface area contributed by atoms with Crippen LogP contribution in [0.3, 0.4) is 0 Å². The van der Waals surface area contributed by atoms with E-state index in [1.54, 1.807) is 0 Å². The van der Waals surface area contributed by atoms with E-state index in [1.165, 1.54) is 31.2 Å². The van der Waals surface area contributed by atoms with E-state index >= 15 is 0 Å². The average molecular weight is 286 g/mol. The summed E-state index contributed by atoms with van der Waals surface area (Å²) in [5, 5.41) is 6.56. The molecule has 2 saturated carbocycles. The Bertz CT molecular complexity index is 492. The van der Waals surface area contributed by atoms with Crippen LogP contribution < -0.4 is 10.6 Å². The molecule has 0 unspecified atom stereocenters. The SMILES string of the molecule is CC(C)c1ccccc1NCC(=O)NC(C1CC1)C1CC1. The van der Waals surface area contributed by atoms with Gasteiger partial charge in [0, 0.05) is 11.7 Å². The van der Waals surface area contributed by atoms with Gasteiger partial charge >= 0.3 is 0 Å². The number of rotatable bonds is 7. The minimum atomic E-state index is 0.136. The van der Waals surface area contributed by atoms with Crippen molar-refractivity contribution >= 4 is 11.6 Å². The van der Waals surface area contributed by atoms with Crippen LogP contribution in [0.1, 0.15) is 51.0 Å². The normalized spacial score (nSPS) is 18.1. The first kappa shape index (κ1) is 14.4. The lowest BCUT2D eigenvalue weighted by atomic mass is 10.0. The van der Waals surface area contributed by atoms with Gasteiger partial charge in [-0.25, -0.2) is 0 Å². The zero-order chi connectivity index (χ0) is 14.8. The number of nitrogens with one attached hydrogen (secondary N) is 2. The smallest absolute Gasteiger partial charge is 0.239 e. The van der Waals surface area contributed by atoms with Crippen molar-refractivity contribution in [2.24, 2.45) is 11.8 Å². The van der Waals surface area contributed by atoms with E-state index in [-0.39, 0.29) is 5.91 Å². The fourth-order valence-electron chi connectivity index (χ4n) is 3.11. The molecule has 0 heterocycles. The van der Waals surface area contributed by atoms with Crippen LogP contribution in [-0.2, 0) is 4.79 Å². The molecular formula is C18H26N2O. The van der Waals surface area contributed by atoms with Gasteiger partial charge < -0.3 is 10.6 Å². The molecule has 0 saturated heterocycles. The molecule has 0 aliphatic heterocycles. The molecule has 2 aliphatic rings. The summed E-state index contributed by atoms with van der Waals surface area (Å²) < 4.78 is 0. The van der Waals surface area contributed by atoms with Crippen LogP contribution in [0.4, 0.5) is 5.69 Å². The van der Waals surface area contributed by atoms with E-state index in [9.17, 15) is 4.79 Å². The van der Waals surface area contributed by atoms with Gasteiger partial charge in [0.1, 0.15) is 0 Å². The number of para-hydroxylation sites is 1. The summed E-state index contributed by atoms with van der Waals surface area (Å²) >= 11 is 0. The molecule has 114 valence electrons. The van der Waals surface area contributed by atoms with Gasteiger partial charge in [0.25, 0.3) is 0 Å². The molecule has 0 aromatic heterocycles. The van der Waals surface area contributed by atoms with Crippen molar-refractivity contribution in [3.8, 4) is 0 Å². The lowest BCUT2D eigenvalue weighted by Crippen LogP contribution is -2.41. The van der Waals surface area contributed by atoms with Gasteiger partial charge in [0.2, 0.25) is 5.91 Å². The number of carbonyl (C=O) groups excluding carboxylic acids is 1. The number of carbonyl (C=O) groups is 1. The van der Waals surface area contributed by atoms with Crippen LogP contribution in [-0.4, -0.2) is 18.5 Å². The molecular weight excluding hydrogens is 260 g/mol. The summed E-state index contributed by atoms with van der Waals surface area (Å²) in [4.78, 5) is 12.2. The van der Waals surface area contributed by atoms with E-state index in [4.69, 9.17) is 0 Å². The highest BCUT2D eigenvalue weighted by atomic mass is 16.2. The van der Waals surface area contributed by atoms with E-state index < -0.39 is 0 Å². The second-order valence-corrected chi connectivity index (χ2v) is 6.86. The highest BCUT2D eigenvalue weighted by Crippen LogP contribution is 2.44. The minimum Gasteiger partial charge on any atom is -0.376 e. The third-order valence-corrected chi connectivity index (χ3v) is 4.61. The molecule has 1 aromatic carbocycles. The Morgan fingerprint density at radius 3 is 2.33 bits per heavy atom. The van der Waals surface area contributed by atoms with Crippen molar-refractivity contribution in [2.45, 2.75) is 51.5 Å². The summed E-state index contributed by atoms with van der Waals surface area (Å²) in [5.74, 6) is 2.11. The van der Waals surface area contributed by atoms with Crippen LogP contribution in [0.15, 0.2) is 24.3 Å². The first-order valence-corrected chi connectivity index (χ1v) is 8.27. The van der Waals surface area contributed by atoms with Gasteiger partial charge in [0.05, 0.1) is 6.54 Å². The van der Waals surface area contributed by atoms with Crippen molar-refractivity contribution in [3.05, 3.63) is 29.8 Å². The average Bonchev–Trinajstić information content (AvgIpc) is 3.36. The molecule has 1 amide bonds. The van der Waals surface area contributed by atoms with Crippen molar-refractivity contribution in [3.63, 3.8) is 0 Å². The first-order valence-electron chi connectivity index (χ1n) is 8.27. The fraction of sp³-hybridized carbons (Fsp3) is 0.611. The number of benzene rings is 1. The predicted molar refractivity (Wildman–Crippen MR) is 86.4 cm³/mol. The maximum absolute atomic E-state index is 12.2. The van der Waals surface area contributed by atoms with E-state index in [0.717, 1.165) is 17.5 Å². The zero-order valence-corrected chi connectivity index (χ0v) is 13.1. The van der Waals surface area contributed by atoms with Crippen LogP contribution in [0, 0.1) is 11.8 Å². The number of anilines is 1. The second-order valence-electron chi connectivity index (χ2n) is 6.86. The number of amides is 1. The maximum atomic E-state index is 12.2. The molecule has 2 aliphatic carbocycles. The molecule has 0 spiro atoms. The first-order chi connectivity index (χ1) is 10.1. The third kappa shape index (κ3) is 3.78. The molecule has 3 nitrogen and oxygen atoms in total. The van der Waals surface area contributed by atoms with Crippen molar-refractivity contribution in [1.82, 2.24) is 5.32 Å². The van der Waals surface area contributed by atoms with Gasteiger partial charge in [-0.05, 0) is 55.1 Å². The summed E-state index contributed by atoms with van der Waals surface area (Å²) in [7, 11) is 0. The highest BCUT2D eigenvalue weighted by Gasteiger charge is 2.42. The molecule has 2 fully saturated rings. The molecule has 3 rings (SSSR count). The Morgan fingerprint density at radius 1 is 1.14 bits per heavy atom. The summed E-state index contributed by atoms with van der Waals surface area (Å²) in [6.45, 7) is 4.73. The Kier molecular flexibility index (Phi) is 4.18. The van der Waals surface area contributed by atoms with Gasteiger partial charge in [-0.15, -0.1) is 0 Å². The predicted octanol–water partition coefficient (Wildman–Crippen LogP) is 3.53. The van der Waals surface area contributed by atoms with Gasteiger partial charge in [0.15, 0.2) is 0 Å². The Morgan fingerprint density at radius 2 is 1.76 bits per heavy atom. The van der Waals surface area contributed by atoms with Crippen LogP contribution >= 0.6 is 0 Å². The monoisotopic (exact) mass is 286 g/mol. The standard InChI is InChI=1S/C18H26N2O/c1-12(2)15-5-3-4-6-16(15)19-11-17(21)20-18(13-7-8-13)14-9-10-14/h3-6,12-14,18-19H,7-11H2,1-2H3,(H,20,21). The Hall–Kier alpha value is -1.51. The van der Waals surface area contributed by atoms with Gasteiger partial charge in [-0.1, -0.05) is 32.0 Å². The van der Waals surface area contributed by atoms with Crippen molar-refractivity contribution in [2.75, 3.05) is 11.9 Å². The summed E-state index contributed by atoms with van der Waals surface area (Å²) in [6.07, 6.45) is 5.19. The summed E-state index contributed by atoms with van der Waals surface area (Å²) in [6, 6.07) is 8.70. The second kappa shape index (κ2) is 6.08. The molecule has 2 N–H and O–H groups in total. The number of hydrogen-bond acceptors (Lipinski definition) is 2. The quantitative estimate of drug-likeness (QED) is 0.805. The minimum absolute atomic E-state index is 0.136.